The van der Waals surface area contributed by atoms with Crippen LogP contribution in [0.5, 0.6) is 5.75 Å². The topological polar surface area (TPSA) is 44.3 Å². The molecule has 0 bridgehead atoms. The van der Waals surface area contributed by atoms with Crippen molar-refractivity contribution in [3.63, 3.8) is 0 Å². The fourth-order valence-electron chi connectivity index (χ4n) is 1.50. The number of hydrogen-bond donors (Lipinski definition) is 3. The van der Waals surface area contributed by atoms with Crippen LogP contribution in [0.1, 0.15) is 0 Å². The third-order valence-corrected chi connectivity index (χ3v) is 2.99. The molecule has 0 fully saturated rings. The van der Waals surface area contributed by atoms with Gasteiger partial charge in [-0.05, 0) is 42.5 Å². The van der Waals surface area contributed by atoms with Crippen molar-refractivity contribution in [2.45, 2.75) is 0 Å². The van der Waals surface area contributed by atoms with E-state index in [0.29, 0.717) is 5.69 Å². The van der Waals surface area contributed by atoms with Crippen LogP contribution in [0.2, 0.25) is 5.02 Å². The predicted molar refractivity (Wildman–Crippen MR) is 79.3 cm³/mol. The Morgan fingerprint density at radius 1 is 1.05 bits per heavy atom. The molecule has 0 amide bonds. The van der Waals surface area contributed by atoms with Gasteiger partial charge in [0.2, 0.25) is 5.82 Å². The number of aromatic hydroxyl groups is 1. The van der Waals surface area contributed by atoms with Crippen molar-refractivity contribution in [2.75, 3.05) is 10.6 Å². The molecule has 0 saturated carbocycles. The van der Waals surface area contributed by atoms with E-state index in [-0.39, 0.29) is 15.8 Å². The minimum Gasteiger partial charge on any atom is -0.503 e. The van der Waals surface area contributed by atoms with E-state index in [2.05, 4.69) is 10.6 Å². The summed E-state index contributed by atoms with van der Waals surface area (Å²) in [5.41, 5.74) is 0.278. The second-order valence-electron chi connectivity index (χ2n) is 3.97. The largest absolute Gasteiger partial charge is 0.503 e. The first-order valence-corrected chi connectivity index (χ1v) is 6.37. The molecular formula is C13H8ClF3N2OS. The Labute approximate surface area is 128 Å². The highest BCUT2D eigenvalue weighted by Crippen LogP contribution is 2.28. The SMILES string of the molecule is Oc1c(NC(=S)Nc2ccc(F)c(Cl)c2)ccc(F)c1F. The second kappa shape index (κ2) is 6.19. The third-order valence-electron chi connectivity index (χ3n) is 2.49. The molecule has 0 atom stereocenters. The Bertz CT molecular complexity index is 712. The number of phenols is 1. The van der Waals surface area contributed by atoms with Crippen molar-refractivity contribution in [1.82, 2.24) is 0 Å². The van der Waals surface area contributed by atoms with Crippen LogP contribution in [0, 0.1) is 17.5 Å². The summed E-state index contributed by atoms with van der Waals surface area (Å²) in [6, 6.07) is 5.80. The van der Waals surface area contributed by atoms with Gasteiger partial charge in [-0.3, -0.25) is 0 Å². The molecule has 3 N–H and O–H groups in total. The van der Waals surface area contributed by atoms with Gasteiger partial charge in [0.25, 0.3) is 0 Å². The molecule has 0 aliphatic heterocycles. The number of rotatable bonds is 2. The number of anilines is 2. The lowest BCUT2D eigenvalue weighted by Crippen LogP contribution is -2.19. The maximum atomic E-state index is 13.2. The molecule has 21 heavy (non-hydrogen) atoms. The first kappa shape index (κ1) is 15.4. The van der Waals surface area contributed by atoms with Gasteiger partial charge in [0.1, 0.15) is 5.82 Å². The maximum Gasteiger partial charge on any atom is 0.202 e. The standard InChI is InChI=1S/C13H8ClF3N2OS/c14-7-5-6(1-2-8(7)15)18-13(21)19-10-4-3-9(16)11(17)12(10)20/h1-5,20H,(H2,18,19,21). The van der Waals surface area contributed by atoms with Gasteiger partial charge in [-0.15, -0.1) is 0 Å². The van der Waals surface area contributed by atoms with Crippen molar-refractivity contribution in [3.05, 3.63) is 52.8 Å². The molecule has 8 heteroatoms. The van der Waals surface area contributed by atoms with E-state index in [4.69, 9.17) is 23.8 Å². The zero-order valence-corrected chi connectivity index (χ0v) is 11.8. The lowest BCUT2D eigenvalue weighted by molar-refractivity contribution is 0.409. The molecule has 0 aliphatic rings. The van der Waals surface area contributed by atoms with Gasteiger partial charge < -0.3 is 15.7 Å². The lowest BCUT2D eigenvalue weighted by atomic mass is 10.2. The highest BCUT2D eigenvalue weighted by molar-refractivity contribution is 7.80. The van der Waals surface area contributed by atoms with Gasteiger partial charge >= 0.3 is 0 Å². The van der Waals surface area contributed by atoms with E-state index in [1.165, 1.54) is 12.1 Å². The number of benzene rings is 2. The lowest BCUT2D eigenvalue weighted by Gasteiger charge is -2.12. The van der Waals surface area contributed by atoms with Crippen molar-refractivity contribution < 1.29 is 18.3 Å². The first-order valence-electron chi connectivity index (χ1n) is 5.58. The predicted octanol–water partition coefficient (Wildman–Crippen LogP) is 4.27. The first-order chi connectivity index (χ1) is 9.88. The van der Waals surface area contributed by atoms with Crippen molar-refractivity contribution in [3.8, 4) is 5.75 Å². The van der Waals surface area contributed by atoms with E-state index >= 15 is 0 Å². The number of phenolic OH excluding ortho intramolecular Hbond substituents is 1. The van der Waals surface area contributed by atoms with E-state index in [0.717, 1.165) is 18.2 Å². The minimum absolute atomic E-state index is 0.0148. The Balaban J connectivity index is 2.12. The molecule has 3 nitrogen and oxygen atoms in total. The fraction of sp³-hybridized carbons (Fsp3) is 0. The smallest absolute Gasteiger partial charge is 0.202 e. The average molecular weight is 333 g/mol. The molecule has 0 saturated heterocycles. The molecular weight excluding hydrogens is 325 g/mol. The normalized spacial score (nSPS) is 10.3. The third kappa shape index (κ3) is 3.56. The molecule has 2 aromatic carbocycles. The van der Waals surface area contributed by atoms with Crippen LogP contribution >= 0.6 is 23.8 Å². The summed E-state index contributed by atoms with van der Waals surface area (Å²) in [5, 5.41) is 14.5. The highest BCUT2D eigenvalue weighted by atomic mass is 35.5. The summed E-state index contributed by atoms with van der Waals surface area (Å²) in [7, 11) is 0. The Hall–Kier alpha value is -1.99. The maximum absolute atomic E-state index is 13.2. The molecule has 0 aliphatic carbocycles. The van der Waals surface area contributed by atoms with Gasteiger partial charge in [0.15, 0.2) is 16.7 Å². The van der Waals surface area contributed by atoms with E-state index in [1.54, 1.807) is 0 Å². The van der Waals surface area contributed by atoms with E-state index in [1.807, 2.05) is 0 Å². The van der Waals surface area contributed by atoms with Crippen LogP contribution in [-0.2, 0) is 0 Å². The van der Waals surface area contributed by atoms with Gasteiger partial charge in [-0.25, -0.2) is 8.78 Å². The van der Waals surface area contributed by atoms with Crippen molar-refractivity contribution >= 4 is 40.3 Å². The summed E-state index contributed by atoms with van der Waals surface area (Å²) in [6.45, 7) is 0. The molecule has 2 rings (SSSR count). The van der Waals surface area contributed by atoms with Crippen LogP contribution in [0.3, 0.4) is 0 Å². The van der Waals surface area contributed by atoms with E-state index < -0.39 is 23.2 Å². The molecule has 0 aromatic heterocycles. The molecule has 0 radical (unpaired) electrons. The Morgan fingerprint density at radius 2 is 1.71 bits per heavy atom. The van der Waals surface area contributed by atoms with Crippen LogP contribution < -0.4 is 10.6 Å². The van der Waals surface area contributed by atoms with E-state index in [9.17, 15) is 18.3 Å². The van der Waals surface area contributed by atoms with Gasteiger partial charge in [-0.1, -0.05) is 11.6 Å². The summed E-state index contributed by atoms with van der Waals surface area (Å²) >= 11 is 10.6. The number of thiocarbonyl (C=S) groups is 1. The zero-order valence-electron chi connectivity index (χ0n) is 10.3. The quantitative estimate of drug-likeness (QED) is 0.567. The number of nitrogens with one attached hydrogen (secondary N) is 2. The number of halogens is 4. The molecule has 0 unspecified atom stereocenters. The van der Waals surface area contributed by atoms with Crippen molar-refractivity contribution in [2.24, 2.45) is 0 Å². The van der Waals surface area contributed by atoms with Crippen molar-refractivity contribution in [1.29, 1.82) is 0 Å². The average Bonchev–Trinajstić information content (AvgIpc) is 2.44. The fourth-order valence-corrected chi connectivity index (χ4v) is 1.91. The monoisotopic (exact) mass is 332 g/mol. The molecule has 2 aromatic rings. The van der Waals surface area contributed by atoms with Crippen LogP contribution in [0.4, 0.5) is 24.5 Å². The summed E-state index contributed by atoms with van der Waals surface area (Å²) in [4.78, 5) is 0. The van der Waals surface area contributed by atoms with Crippen LogP contribution in [0.15, 0.2) is 30.3 Å². The van der Waals surface area contributed by atoms with Crippen LogP contribution in [-0.4, -0.2) is 10.2 Å². The highest BCUT2D eigenvalue weighted by Gasteiger charge is 2.13. The minimum atomic E-state index is -1.38. The summed E-state index contributed by atoms with van der Waals surface area (Å²) < 4.78 is 39.0. The summed E-state index contributed by atoms with van der Waals surface area (Å²) in [5.74, 6) is -4.04. The Morgan fingerprint density at radius 3 is 2.38 bits per heavy atom. The molecule has 110 valence electrons. The van der Waals surface area contributed by atoms with Gasteiger partial charge in [0.05, 0.1) is 10.7 Å². The number of hydrogen-bond acceptors (Lipinski definition) is 2. The van der Waals surface area contributed by atoms with Gasteiger partial charge in [0, 0.05) is 5.69 Å². The summed E-state index contributed by atoms with van der Waals surface area (Å²) in [6.07, 6.45) is 0. The second-order valence-corrected chi connectivity index (χ2v) is 4.78. The zero-order chi connectivity index (χ0) is 15.6. The Kier molecular flexibility index (Phi) is 4.54. The molecule has 0 spiro atoms. The van der Waals surface area contributed by atoms with Crippen LogP contribution in [0.25, 0.3) is 0 Å². The van der Waals surface area contributed by atoms with Gasteiger partial charge in [-0.2, -0.15) is 4.39 Å². The molecule has 0 heterocycles.